The van der Waals surface area contributed by atoms with Crippen LogP contribution in [0.1, 0.15) is 23.1 Å². The lowest BCUT2D eigenvalue weighted by Gasteiger charge is -2.12. The molecule has 2 aromatic rings. The van der Waals surface area contributed by atoms with Gasteiger partial charge in [-0.3, -0.25) is 0 Å². The molecule has 0 fully saturated rings. The molecule has 0 radical (unpaired) electrons. The van der Waals surface area contributed by atoms with Crippen LogP contribution < -0.4 is 9.47 Å². The monoisotopic (exact) mass is 286 g/mol. The summed E-state index contributed by atoms with van der Waals surface area (Å²) in [5.74, 6) is 1.68. The lowest BCUT2D eigenvalue weighted by Crippen LogP contribution is -2.06. The van der Waals surface area contributed by atoms with E-state index in [2.05, 4.69) is 25.1 Å². The second-order valence-electron chi connectivity index (χ2n) is 5.09. The van der Waals surface area contributed by atoms with Crippen LogP contribution in [0.25, 0.3) is 0 Å². The van der Waals surface area contributed by atoms with Gasteiger partial charge in [0.25, 0.3) is 0 Å². The summed E-state index contributed by atoms with van der Waals surface area (Å²) in [6.45, 7) is 5.28. The highest BCUT2D eigenvalue weighted by Crippen LogP contribution is 2.20. The van der Waals surface area contributed by atoms with E-state index in [0.29, 0.717) is 13.2 Å². The highest BCUT2D eigenvalue weighted by atomic mass is 16.5. The molecule has 1 N–H and O–H groups in total. The molecule has 3 nitrogen and oxygen atoms in total. The third-order valence-corrected chi connectivity index (χ3v) is 3.29. The summed E-state index contributed by atoms with van der Waals surface area (Å²) in [5.41, 5.74) is 3.16. The minimum Gasteiger partial charge on any atom is -0.493 e. The lowest BCUT2D eigenvalue weighted by molar-refractivity contribution is 0.235. The average molecular weight is 286 g/mol. The third kappa shape index (κ3) is 4.50. The summed E-state index contributed by atoms with van der Waals surface area (Å²) >= 11 is 0. The van der Waals surface area contributed by atoms with E-state index in [9.17, 15) is 5.11 Å². The van der Waals surface area contributed by atoms with Gasteiger partial charge in [0.2, 0.25) is 0 Å². The van der Waals surface area contributed by atoms with Gasteiger partial charge in [0.15, 0.2) is 0 Å². The molecule has 2 aromatic carbocycles. The Morgan fingerprint density at radius 3 is 2.38 bits per heavy atom. The molecule has 0 unspecified atom stereocenters. The van der Waals surface area contributed by atoms with E-state index in [4.69, 9.17) is 9.47 Å². The summed E-state index contributed by atoms with van der Waals surface area (Å²) < 4.78 is 11.5. The van der Waals surface area contributed by atoms with Crippen molar-refractivity contribution in [2.75, 3.05) is 13.2 Å². The van der Waals surface area contributed by atoms with Crippen LogP contribution in [0.4, 0.5) is 0 Å². The molecular weight excluding hydrogens is 264 g/mol. The second-order valence-corrected chi connectivity index (χ2v) is 5.09. The van der Waals surface area contributed by atoms with Crippen molar-refractivity contribution in [1.82, 2.24) is 0 Å². The van der Waals surface area contributed by atoms with Gasteiger partial charge < -0.3 is 14.6 Å². The summed E-state index contributed by atoms with van der Waals surface area (Å²) in [7, 11) is 0. The predicted octanol–water partition coefficient (Wildman–Crippen LogP) is 3.64. The standard InChI is InChI=1S/C18H22O3/c1-14-8-9-15(2)18(12-14)21-11-5-10-20-17-7-4-3-6-16(17)13-19/h3-4,6-9,12,19H,5,10-11,13H2,1-2H3. The molecule has 0 bridgehead atoms. The van der Waals surface area contributed by atoms with E-state index in [0.717, 1.165) is 29.0 Å². The van der Waals surface area contributed by atoms with Gasteiger partial charge in [-0.15, -0.1) is 0 Å². The second kappa shape index (κ2) is 7.70. The first-order valence-corrected chi connectivity index (χ1v) is 7.22. The lowest BCUT2D eigenvalue weighted by atomic mass is 10.1. The summed E-state index contributed by atoms with van der Waals surface area (Å²) in [4.78, 5) is 0. The number of aryl methyl sites for hydroxylation is 2. The number of hydrogen-bond acceptors (Lipinski definition) is 3. The van der Waals surface area contributed by atoms with Crippen molar-refractivity contribution < 1.29 is 14.6 Å². The normalized spacial score (nSPS) is 10.4. The molecule has 21 heavy (non-hydrogen) atoms. The van der Waals surface area contributed by atoms with Gasteiger partial charge in [0.05, 0.1) is 19.8 Å². The Kier molecular flexibility index (Phi) is 5.64. The van der Waals surface area contributed by atoms with Gasteiger partial charge in [-0.2, -0.15) is 0 Å². The van der Waals surface area contributed by atoms with E-state index >= 15 is 0 Å². The van der Waals surface area contributed by atoms with Crippen molar-refractivity contribution >= 4 is 0 Å². The molecule has 0 spiro atoms. The Morgan fingerprint density at radius 2 is 1.62 bits per heavy atom. The molecule has 2 rings (SSSR count). The first-order valence-electron chi connectivity index (χ1n) is 7.22. The zero-order chi connectivity index (χ0) is 15.1. The Labute approximate surface area is 126 Å². The Bertz CT molecular complexity index is 578. The molecule has 0 atom stereocenters. The van der Waals surface area contributed by atoms with E-state index in [1.54, 1.807) is 0 Å². The number of hydrogen-bond donors (Lipinski definition) is 1. The van der Waals surface area contributed by atoms with Crippen molar-refractivity contribution in [2.45, 2.75) is 26.9 Å². The van der Waals surface area contributed by atoms with Crippen molar-refractivity contribution in [3.8, 4) is 11.5 Å². The summed E-state index contributed by atoms with van der Waals surface area (Å²) in [5, 5.41) is 9.22. The van der Waals surface area contributed by atoms with E-state index < -0.39 is 0 Å². The topological polar surface area (TPSA) is 38.7 Å². The molecule has 0 saturated heterocycles. The van der Waals surface area contributed by atoms with Crippen LogP contribution in [0, 0.1) is 13.8 Å². The van der Waals surface area contributed by atoms with Crippen LogP contribution in [0.15, 0.2) is 42.5 Å². The zero-order valence-corrected chi connectivity index (χ0v) is 12.6. The smallest absolute Gasteiger partial charge is 0.124 e. The Balaban J connectivity index is 1.76. The number of aliphatic hydroxyl groups excluding tert-OH is 1. The van der Waals surface area contributed by atoms with Crippen LogP contribution in [0.3, 0.4) is 0 Å². The Morgan fingerprint density at radius 1 is 0.905 bits per heavy atom. The summed E-state index contributed by atoms with van der Waals surface area (Å²) in [6.07, 6.45) is 0.799. The maximum atomic E-state index is 9.22. The SMILES string of the molecule is Cc1ccc(C)c(OCCCOc2ccccc2CO)c1. The summed E-state index contributed by atoms with van der Waals surface area (Å²) in [6, 6.07) is 13.7. The first-order chi connectivity index (χ1) is 10.2. The van der Waals surface area contributed by atoms with Crippen molar-refractivity contribution in [3.05, 3.63) is 59.2 Å². The van der Waals surface area contributed by atoms with Gasteiger partial charge in [0.1, 0.15) is 11.5 Å². The first kappa shape index (κ1) is 15.4. The number of para-hydroxylation sites is 1. The maximum Gasteiger partial charge on any atom is 0.124 e. The fourth-order valence-corrected chi connectivity index (χ4v) is 2.06. The molecule has 0 amide bonds. The van der Waals surface area contributed by atoms with Crippen LogP contribution >= 0.6 is 0 Å². The van der Waals surface area contributed by atoms with Crippen LogP contribution in [0.2, 0.25) is 0 Å². The molecular formula is C18H22O3. The molecule has 0 aliphatic carbocycles. The van der Waals surface area contributed by atoms with Crippen molar-refractivity contribution in [3.63, 3.8) is 0 Å². The number of ether oxygens (including phenoxy) is 2. The Hall–Kier alpha value is -2.00. The van der Waals surface area contributed by atoms with E-state index in [1.807, 2.05) is 31.2 Å². The fourth-order valence-electron chi connectivity index (χ4n) is 2.06. The highest BCUT2D eigenvalue weighted by molar-refractivity contribution is 5.36. The number of aliphatic hydroxyl groups is 1. The van der Waals surface area contributed by atoms with E-state index in [-0.39, 0.29) is 6.61 Å². The van der Waals surface area contributed by atoms with Crippen molar-refractivity contribution in [1.29, 1.82) is 0 Å². The van der Waals surface area contributed by atoms with Gasteiger partial charge in [-0.25, -0.2) is 0 Å². The highest BCUT2D eigenvalue weighted by Gasteiger charge is 2.02. The zero-order valence-electron chi connectivity index (χ0n) is 12.6. The predicted molar refractivity (Wildman–Crippen MR) is 83.9 cm³/mol. The van der Waals surface area contributed by atoms with Gasteiger partial charge in [-0.05, 0) is 37.1 Å². The number of benzene rings is 2. The van der Waals surface area contributed by atoms with Crippen LogP contribution in [-0.4, -0.2) is 18.3 Å². The van der Waals surface area contributed by atoms with E-state index in [1.165, 1.54) is 5.56 Å². The molecule has 0 aliphatic rings. The molecule has 0 aromatic heterocycles. The van der Waals surface area contributed by atoms with Gasteiger partial charge in [0, 0.05) is 12.0 Å². The largest absolute Gasteiger partial charge is 0.493 e. The third-order valence-electron chi connectivity index (χ3n) is 3.29. The quantitative estimate of drug-likeness (QED) is 0.790. The molecule has 0 heterocycles. The van der Waals surface area contributed by atoms with Gasteiger partial charge in [-0.1, -0.05) is 30.3 Å². The molecule has 3 heteroatoms. The molecule has 0 saturated carbocycles. The average Bonchev–Trinajstić information content (AvgIpc) is 2.50. The van der Waals surface area contributed by atoms with Crippen LogP contribution in [-0.2, 0) is 6.61 Å². The van der Waals surface area contributed by atoms with Crippen LogP contribution in [0.5, 0.6) is 11.5 Å². The minimum absolute atomic E-state index is 0.00480. The van der Waals surface area contributed by atoms with Crippen molar-refractivity contribution in [2.24, 2.45) is 0 Å². The fraction of sp³-hybridized carbons (Fsp3) is 0.333. The molecule has 112 valence electrons. The number of rotatable bonds is 7. The van der Waals surface area contributed by atoms with Gasteiger partial charge >= 0.3 is 0 Å². The maximum absolute atomic E-state index is 9.22. The minimum atomic E-state index is -0.00480. The molecule has 0 aliphatic heterocycles.